The lowest BCUT2D eigenvalue weighted by molar-refractivity contribution is 0.476. The molecule has 206 valence electrons. The molecule has 2 heterocycles. The SMILES string of the molecule is Cc1cc(-c2sc(N)nc2-c2cccc(C#N)c2)cc2c1cnn2C(c1ccccc1)(c1ccccc1)c1ccccc1. The molecule has 7 rings (SSSR count). The highest BCUT2D eigenvalue weighted by Gasteiger charge is 2.40. The summed E-state index contributed by atoms with van der Waals surface area (Å²) < 4.78 is 2.17. The minimum absolute atomic E-state index is 0.478. The Kier molecular flexibility index (Phi) is 6.58. The second kappa shape index (κ2) is 10.7. The molecule has 0 unspecified atom stereocenters. The molecule has 0 saturated carbocycles. The normalized spacial score (nSPS) is 11.4. The van der Waals surface area contributed by atoms with Gasteiger partial charge in [0.25, 0.3) is 0 Å². The fourth-order valence-corrected chi connectivity index (χ4v) is 6.91. The van der Waals surface area contributed by atoms with Gasteiger partial charge in [0.05, 0.1) is 33.9 Å². The van der Waals surface area contributed by atoms with E-state index in [0.717, 1.165) is 54.9 Å². The highest BCUT2D eigenvalue weighted by molar-refractivity contribution is 7.19. The van der Waals surface area contributed by atoms with E-state index in [1.165, 1.54) is 11.3 Å². The smallest absolute Gasteiger partial charge is 0.181 e. The van der Waals surface area contributed by atoms with Gasteiger partial charge in [-0.25, -0.2) is 9.67 Å². The van der Waals surface area contributed by atoms with E-state index in [9.17, 15) is 5.26 Å². The Bertz CT molecular complexity index is 2010. The number of nitrogen functional groups attached to an aromatic ring is 1. The van der Waals surface area contributed by atoms with E-state index in [0.29, 0.717) is 10.7 Å². The standard InChI is InChI=1S/C37H27N5S/c1-25-20-28(35-34(41-36(39)43-35)27-13-11-12-26(21-27)23-38)22-33-32(25)24-40-42(33)37(29-14-5-2-6-15-29,30-16-7-3-8-17-30)31-18-9-4-10-19-31/h2-22,24H,1H3,(H2,39,41). The number of nitriles is 1. The molecular formula is C37H27N5S. The zero-order chi connectivity index (χ0) is 29.4. The first-order valence-corrected chi connectivity index (χ1v) is 14.8. The van der Waals surface area contributed by atoms with Crippen molar-refractivity contribution in [3.8, 4) is 27.8 Å². The number of hydrogen-bond donors (Lipinski definition) is 1. The zero-order valence-electron chi connectivity index (χ0n) is 23.5. The molecule has 0 aliphatic rings. The van der Waals surface area contributed by atoms with Crippen LogP contribution in [0.3, 0.4) is 0 Å². The zero-order valence-corrected chi connectivity index (χ0v) is 24.3. The summed E-state index contributed by atoms with van der Waals surface area (Å²) in [6, 6.07) is 45.8. The van der Waals surface area contributed by atoms with Gasteiger partial charge in [0.15, 0.2) is 5.13 Å². The van der Waals surface area contributed by atoms with E-state index in [1.54, 1.807) is 6.07 Å². The van der Waals surface area contributed by atoms with Crippen molar-refractivity contribution in [3.05, 3.63) is 161 Å². The molecular weight excluding hydrogens is 547 g/mol. The van der Waals surface area contributed by atoms with Crippen molar-refractivity contribution in [2.24, 2.45) is 0 Å². The van der Waals surface area contributed by atoms with Gasteiger partial charge in [-0.3, -0.25) is 0 Å². The van der Waals surface area contributed by atoms with E-state index in [1.807, 2.05) is 42.6 Å². The van der Waals surface area contributed by atoms with Crippen LogP contribution in [-0.2, 0) is 5.54 Å². The molecule has 43 heavy (non-hydrogen) atoms. The molecule has 0 saturated heterocycles. The van der Waals surface area contributed by atoms with Crippen molar-refractivity contribution in [1.82, 2.24) is 14.8 Å². The fraction of sp³-hybridized carbons (Fsp3) is 0.0541. The minimum atomic E-state index is -0.743. The molecule has 0 fully saturated rings. The third-order valence-corrected chi connectivity index (χ3v) is 8.89. The Balaban J connectivity index is 1.54. The van der Waals surface area contributed by atoms with Gasteiger partial charge in [0, 0.05) is 10.9 Å². The van der Waals surface area contributed by atoms with Gasteiger partial charge in [-0.05, 0) is 59.0 Å². The van der Waals surface area contributed by atoms with Crippen LogP contribution in [0.15, 0.2) is 134 Å². The molecule has 0 spiro atoms. The van der Waals surface area contributed by atoms with Crippen LogP contribution >= 0.6 is 11.3 Å². The molecule has 0 radical (unpaired) electrons. The molecule has 0 aliphatic carbocycles. The topological polar surface area (TPSA) is 80.5 Å². The summed E-state index contributed by atoms with van der Waals surface area (Å²) in [6.45, 7) is 2.12. The summed E-state index contributed by atoms with van der Waals surface area (Å²) in [5.74, 6) is 0. The van der Waals surface area contributed by atoms with Gasteiger partial charge in [0.2, 0.25) is 0 Å². The second-order valence-corrected chi connectivity index (χ2v) is 11.5. The first-order chi connectivity index (χ1) is 21.1. The molecule has 0 aliphatic heterocycles. The van der Waals surface area contributed by atoms with E-state index in [-0.39, 0.29) is 0 Å². The van der Waals surface area contributed by atoms with Crippen LogP contribution < -0.4 is 5.73 Å². The highest BCUT2D eigenvalue weighted by atomic mass is 32.1. The molecule has 2 aromatic heterocycles. The van der Waals surface area contributed by atoms with Crippen molar-refractivity contribution in [2.75, 3.05) is 5.73 Å². The van der Waals surface area contributed by atoms with Crippen molar-refractivity contribution in [2.45, 2.75) is 12.5 Å². The Morgan fingerprint density at radius 3 is 1.93 bits per heavy atom. The Labute approximate surface area is 254 Å². The summed E-state index contributed by atoms with van der Waals surface area (Å²) in [7, 11) is 0. The largest absolute Gasteiger partial charge is 0.375 e. The van der Waals surface area contributed by atoms with E-state index in [4.69, 9.17) is 15.8 Å². The van der Waals surface area contributed by atoms with Gasteiger partial charge >= 0.3 is 0 Å². The summed E-state index contributed by atoms with van der Waals surface area (Å²) in [5, 5.41) is 16.2. The molecule has 5 aromatic carbocycles. The number of thiazole rings is 1. The number of benzene rings is 5. The van der Waals surface area contributed by atoms with Crippen LogP contribution in [0.4, 0.5) is 5.13 Å². The molecule has 5 nitrogen and oxygen atoms in total. The predicted molar refractivity (Wildman–Crippen MR) is 175 cm³/mol. The Morgan fingerprint density at radius 1 is 0.744 bits per heavy atom. The number of aromatic nitrogens is 3. The average Bonchev–Trinajstić information content (AvgIpc) is 3.67. The third-order valence-electron chi connectivity index (χ3n) is 7.96. The number of aryl methyl sites for hydroxylation is 1. The lowest BCUT2D eigenvalue weighted by Gasteiger charge is -2.37. The predicted octanol–water partition coefficient (Wildman–Crippen LogP) is 8.43. The van der Waals surface area contributed by atoms with Crippen LogP contribution in [0.2, 0.25) is 0 Å². The average molecular weight is 574 g/mol. The number of nitrogens with two attached hydrogens (primary N) is 1. The van der Waals surface area contributed by atoms with E-state index >= 15 is 0 Å². The Hall–Kier alpha value is -5.51. The molecule has 2 N–H and O–H groups in total. The van der Waals surface area contributed by atoms with E-state index < -0.39 is 5.54 Å². The maximum atomic E-state index is 9.52. The van der Waals surface area contributed by atoms with Crippen molar-refractivity contribution in [1.29, 1.82) is 5.26 Å². The number of hydrogen-bond acceptors (Lipinski definition) is 5. The molecule has 0 amide bonds. The lowest BCUT2D eigenvalue weighted by atomic mass is 9.77. The maximum Gasteiger partial charge on any atom is 0.181 e. The monoisotopic (exact) mass is 573 g/mol. The number of rotatable bonds is 6. The van der Waals surface area contributed by atoms with Gasteiger partial charge in [-0.15, -0.1) is 0 Å². The summed E-state index contributed by atoms with van der Waals surface area (Å²) in [5.41, 5.74) is 14.2. The Morgan fingerprint density at radius 2 is 1.35 bits per heavy atom. The van der Waals surface area contributed by atoms with Crippen molar-refractivity contribution >= 4 is 27.4 Å². The quantitative estimate of drug-likeness (QED) is 0.203. The number of nitrogens with zero attached hydrogens (tertiary/aromatic N) is 4. The lowest BCUT2D eigenvalue weighted by Crippen LogP contribution is -2.38. The van der Waals surface area contributed by atoms with Crippen LogP contribution in [0.1, 0.15) is 27.8 Å². The van der Waals surface area contributed by atoms with Crippen LogP contribution in [-0.4, -0.2) is 14.8 Å². The van der Waals surface area contributed by atoms with Crippen molar-refractivity contribution < 1.29 is 0 Å². The minimum Gasteiger partial charge on any atom is -0.375 e. The first kappa shape index (κ1) is 26.4. The molecule has 0 atom stereocenters. The van der Waals surface area contributed by atoms with Crippen LogP contribution in [0.5, 0.6) is 0 Å². The number of anilines is 1. The van der Waals surface area contributed by atoms with Crippen molar-refractivity contribution in [3.63, 3.8) is 0 Å². The summed E-state index contributed by atoms with van der Waals surface area (Å²) in [6.07, 6.45) is 1.97. The third kappa shape index (κ3) is 4.39. The molecule has 6 heteroatoms. The second-order valence-electron chi connectivity index (χ2n) is 10.5. The number of fused-ring (bicyclic) bond motifs is 1. The van der Waals surface area contributed by atoms with Gasteiger partial charge in [-0.1, -0.05) is 114 Å². The maximum absolute atomic E-state index is 9.52. The fourth-order valence-electron chi connectivity index (χ4n) is 6.07. The van der Waals surface area contributed by atoms with E-state index in [2.05, 4.69) is 103 Å². The van der Waals surface area contributed by atoms with Gasteiger partial charge in [0.1, 0.15) is 5.54 Å². The van der Waals surface area contributed by atoms with Crippen LogP contribution in [0, 0.1) is 18.3 Å². The molecule has 0 bridgehead atoms. The van der Waals surface area contributed by atoms with Gasteiger partial charge < -0.3 is 5.73 Å². The summed E-state index contributed by atoms with van der Waals surface area (Å²) >= 11 is 1.45. The first-order valence-electron chi connectivity index (χ1n) is 14.0. The molecule has 7 aromatic rings. The van der Waals surface area contributed by atoms with Gasteiger partial charge in [-0.2, -0.15) is 10.4 Å². The summed E-state index contributed by atoms with van der Waals surface area (Å²) in [4.78, 5) is 5.66. The van der Waals surface area contributed by atoms with Crippen LogP contribution in [0.25, 0.3) is 32.6 Å². The highest BCUT2D eigenvalue weighted by Crippen LogP contribution is 2.44.